The maximum Gasteiger partial charge on any atom is 0.135 e. The van der Waals surface area contributed by atoms with Gasteiger partial charge in [-0.3, -0.25) is 4.99 Å². The van der Waals surface area contributed by atoms with Crippen molar-refractivity contribution in [3.8, 4) is 0 Å². The van der Waals surface area contributed by atoms with Gasteiger partial charge in [0.25, 0.3) is 0 Å². The van der Waals surface area contributed by atoms with Gasteiger partial charge in [0.2, 0.25) is 0 Å². The quantitative estimate of drug-likeness (QED) is 0.791. The van der Waals surface area contributed by atoms with Gasteiger partial charge in [-0.15, -0.1) is 0 Å². The average Bonchev–Trinajstić information content (AvgIpc) is 2.72. The number of halogens is 4. The van der Waals surface area contributed by atoms with Crippen molar-refractivity contribution in [3.05, 3.63) is 62.6 Å². The van der Waals surface area contributed by atoms with E-state index in [1.54, 1.807) is 19.2 Å². The number of rotatable bonds is 3. The van der Waals surface area contributed by atoms with Gasteiger partial charge in [-0.25, -0.2) is 8.78 Å². The van der Waals surface area contributed by atoms with Gasteiger partial charge in [-0.05, 0) is 40.2 Å². The summed E-state index contributed by atoms with van der Waals surface area (Å²) < 4.78 is 34.5. The second kappa shape index (κ2) is 7.17. The molecule has 0 bridgehead atoms. The number of anilines is 1. The summed E-state index contributed by atoms with van der Waals surface area (Å²) in [5.74, 6) is -1.37. The normalized spacial score (nSPS) is 16.9. The highest BCUT2D eigenvalue weighted by Crippen LogP contribution is 2.36. The molecule has 0 amide bonds. The van der Waals surface area contributed by atoms with Gasteiger partial charge in [0.1, 0.15) is 11.6 Å². The molecule has 1 atom stereocenters. The number of hydrogen-bond acceptors (Lipinski definition) is 3. The van der Waals surface area contributed by atoms with E-state index < -0.39 is 11.6 Å². The second-order valence-corrected chi connectivity index (χ2v) is 6.58. The molecule has 0 spiro atoms. The Morgan fingerprint density at radius 1 is 1.25 bits per heavy atom. The lowest BCUT2D eigenvalue weighted by Crippen LogP contribution is -2.22. The van der Waals surface area contributed by atoms with Gasteiger partial charge in [0.15, 0.2) is 0 Å². The summed E-state index contributed by atoms with van der Waals surface area (Å²) in [4.78, 5) is 4.54. The molecule has 1 aliphatic heterocycles. The fraction of sp³-hybridized carbons (Fsp3) is 0.235. The number of nitrogens with zero attached hydrogens (tertiary/aromatic N) is 1. The fourth-order valence-corrected chi connectivity index (χ4v) is 3.24. The van der Waals surface area contributed by atoms with Crippen LogP contribution >= 0.6 is 27.5 Å². The van der Waals surface area contributed by atoms with E-state index in [0.717, 1.165) is 0 Å². The van der Waals surface area contributed by atoms with Gasteiger partial charge in [0.05, 0.1) is 28.9 Å². The standard InChI is InChI=1S/C17H14BrClF2N2O/c1-24-8-9-7-22-13-6-5-10(18)16(19)15(13)17(23-9)14-11(20)3-2-4-12(14)21/h2-6,9,22H,7-8H2,1H3/t9-/m1/s1. The van der Waals surface area contributed by atoms with Gasteiger partial charge < -0.3 is 10.1 Å². The van der Waals surface area contributed by atoms with Gasteiger partial charge >= 0.3 is 0 Å². The minimum atomic E-state index is -0.686. The fourth-order valence-electron chi connectivity index (χ4n) is 2.65. The van der Waals surface area contributed by atoms with Crippen LogP contribution in [0.4, 0.5) is 14.5 Å². The molecule has 0 radical (unpaired) electrons. The third-order valence-corrected chi connectivity index (χ3v) is 5.01. The first-order valence-corrected chi connectivity index (χ1v) is 8.43. The summed E-state index contributed by atoms with van der Waals surface area (Å²) in [7, 11) is 1.56. The molecule has 0 aromatic heterocycles. The molecule has 1 heterocycles. The number of nitrogens with one attached hydrogen (secondary N) is 1. The summed E-state index contributed by atoms with van der Waals surface area (Å²) >= 11 is 9.77. The van der Waals surface area contributed by atoms with Gasteiger partial charge in [-0.2, -0.15) is 0 Å². The Morgan fingerprint density at radius 2 is 1.96 bits per heavy atom. The summed E-state index contributed by atoms with van der Waals surface area (Å²) in [5.41, 5.74) is 1.12. The lowest BCUT2D eigenvalue weighted by molar-refractivity contribution is 0.184. The molecule has 0 saturated carbocycles. The van der Waals surface area contributed by atoms with E-state index in [9.17, 15) is 8.78 Å². The molecule has 1 aliphatic rings. The Hall–Kier alpha value is -1.50. The molecule has 24 heavy (non-hydrogen) atoms. The van der Waals surface area contributed by atoms with E-state index in [4.69, 9.17) is 16.3 Å². The Kier molecular flexibility index (Phi) is 5.18. The Labute approximate surface area is 151 Å². The number of hydrogen-bond donors (Lipinski definition) is 1. The molecule has 3 rings (SSSR count). The molecule has 0 fully saturated rings. The highest BCUT2D eigenvalue weighted by molar-refractivity contribution is 9.10. The lowest BCUT2D eigenvalue weighted by atomic mass is 9.99. The Bertz CT molecular complexity index is 793. The third kappa shape index (κ3) is 3.18. The highest BCUT2D eigenvalue weighted by atomic mass is 79.9. The van der Waals surface area contributed by atoms with Crippen molar-refractivity contribution in [1.82, 2.24) is 0 Å². The number of benzodiazepines with no additional fused rings is 1. The lowest BCUT2D eigenvalue weighted by Gasteiger charge is -2.14. The van der Waals surface area contributed by atoms with Crippen LogP contribution < -0.4 is 5.32 Å². The molecule has 7 heteroatoms. The predicted octanol–water partition coefficient (Wildman–Crippen LogP) is 4.66. The molecular weight excluding hydrogens is 402 g/mol. The number of methoxy groups -OCH3 is 1. The van der Waals surface area contributed by atoms with E-state index in [1.165, 1.54) is 18.2 Å². The van der Waals surface area contributed by atoms with Crippen LogP contribution in [-0.2, 0) is 4.74 Å². The molecule has 0 saturated heterocycles. The van der Waals surface area contributed by atoms with Crippen molar-refractivity contribution >= 4 is 38.9 Å². The number of benzene rings is 2. The van der Waals surface area contributed by atoms with Crippen LogP contribution in [0.15, 0.2) is 39.8 Å². The SMILES string of the molecule is COC[C@H]1CNc2ccc(Br)c(Cl)c2C(c2c(F)cccc2F)=N1. The maximum atomic E-state index is 14.4. The third-order valence-electron chi connectivity index (χ3n) is 3.73. The van der Waals surface area contributed by atoms with Crippen LogP contribution in [0.1, 0.15) is 11.1 Å². The van der Waals surface area contributed by atoms with E-state index in [-0.39, 0.29) is 17.3 Å². The maximum absolute atomic E-state index is 14.4. The smallest absolute Gasteiger partial charge is 0.135 e. The highest BCUT2D eigenvalue weighted by Gasteiger charge is 2.27. The van der Waals surface area contributed by atoms with Crippen LogP contribution in [-0.4, -0.2) is 32.0 Å². The number of aliphatic imine (C=N–C) groups is 1. The molecule has 2 aromatic carbocycles. The first-order valence-electron chi connectivity index (χ1n) is 7.26. The largest absolute Gasteiger partial charge is 0.382 e. The van der Waals surface area contributed by atoms with Crippen molar-refractivity contribution in [2.75, 3.05) is 25.6 Å². The van der Waals surface area contributed by atoms with Crippen molar-refractivity contribution in [2.45, 2.75) is 6.04 Å². The molecule has 2 aromatic rings. The number of ether oxygens (including phenoxy) is 1. The van der Waals surface area contributed by atoms with Crippen LogP contribution in [0.2, 0.25) is 5.02 Å². The van der Waals surface area contributed by atoms with Crippen molar-refractivity contribution < 1.29 is 13.5 Å². The predicted molar refractivity (Wildman–Crippen MR) is 95.3 cm³/mol. The van der Waals surface area contributed by atoms with Crippen LogP contribution in [0, 0.1) is 11.6 Å². The van der Waals surface area contributed by atoms with Crippen molar-refractivity contribution in [3.63, 3.8) is 0 Å². The zero-order valence-corrected chi connectivity index (χ0v) is 15.1. The first-order chi connectivity index (χ1) is 11.5. The molecule has 0 unspecified atom stereocenters. The van der Waals surface area contributed by atoms with Crippen molar-refractivity contribution in [2.24, 2.45) is 4.99 Å². The van der Waals surface area contributed by atoms with Gasteiger partial charge in [-0.1, -0.05) is 17.7 Å². The summed E-state index contributed by atoms with van der Waals surface area (Å²) in [6, 6.07) is 7.01. The zero-order valence-electron chi connectivity index (χ0n) is 12.7. The average molecular weight is 416 g/mol. The van der Waals surface area contributed by atoms with E-state index >= 15 is 0 Å². The monoisotopic (exact) mass is 414 g/mol. The van der Waals surface area contributed by atoms with Crippen LogP contribution in [0.5, 0.6) is 0 Å². The minimum Gasteiger partial charge on any atom is -0.382 e. The number of fused-ring (bicyclic) bond motifs is 1. The molecule has 126 valence electrons. The Balaban J connectivity index is 2.28. The first kappa shape index (κ1) is 17.3. The van der Waals surface area contributed by atoms with Gasteiger partial charge in [0, 0.05) is 29.4 Å². The minimum absolute atomic E-state index is 0.180. The molecule has 3 nitrogen and oxygen atoms in total. The summed E-state index contributed by atoms with van der Waals surface area (Å²) in [6.07, 6.45) is 0. The second-order valence-electron chi connectivity index (χ2n) is 5.35. The Morgan fingerprint density at radius 3 is 2.62 bits per heavy atom. The van der Waals surface area contributed by atoms with E-state index in [0.29, 0.717) is 33.9 Å². The topological polar surface area (TPSA) is 33.6 Å². The van der Waals surface area contributed by atoms with E-state index in [1.807, 2.05) is 0 Å². The van der Waals surface area contributed by atoms with Crippen LogP contribution in [0.25, 0.3) is 0 Å². The molecule has 0 aliphatic carbocycles. The summed E-state index contributed by atoms with van der Waals surface area (Å²) in [6.45, 7) is 0.789. The molecule has 1 N–H and O–H groups in total. The summed E-state index contributed by atoms with van der Waals surface area (Å²) in [5, 5.41) is 3.57. The van der Waals surface area contributed by atoms with E-state index in [2.05, 4.69) is 26.2 Å². The van der Waals surface area contributed by atoms with Crippen LogP contribution in [0.3, 0.4) is 0 Å². The molecular formula is C17H14BrClF2N2O. The van der Waals surface area contributed by atoms with Crippen molar-refractivity contribution in [1.29, 1.82) is 0 Å². The zero-order chi connectivity index (χ0) is 17.3.